The van der Waals surface area contributed by atoms with Crippen molar-refractivity contribution in [3.63, 3.8) is 0 Å². The Morgan fingerprint density at radius 3 is 1.61 bits per heavy atom. The number of aromatic nitrogens is 4. The minimum absolute atomic E-state index is 0.0359. The van der Waals surface area contributed by atoms with E-state index in [1.165, 1.54) is 18.2 Å². The van der Waals surface area contributed by atoms with Gasteiger partial charge < -0.3 is 19.3 Å². The predicted molar refractivity (Wildman–Crippen MR) is 220 cm³/mol. The van der Waals surface area contributed by atoms with Crippen molar-refractivity contribution in [1.29, 1.82) is 0 Å². The van der Waals surface area contributed by atoms with E-state index in [4.69, 9.17) is 9.47 Å². The fraction of sp³-hybridized carbons (Fsp3) is 0.455. The first-order valence-corrected chi connectivity index (χ1v) is 21.1. The number of esters is 2. The zero-order chi connectivity index (χ0) is 43.1. The maximum absolute atomic E-state index is 14.3. The number of hydrogen-bond acceptors (Lipinski definition) is 21. The third-order valence-corrected chi connectivity index (χ3v) is 10.7. The van der Waals surface area contributed by atoms with Gasteiger partial charge in [0.15, 0.2) is 0 Å². The molecule has 26 heteroatoms. The number of nitrogens with one attached hydrogen (secondary N) is 1. The summed E-state index contributed by atoms with van der Waals surface area (Å²) in [5.41, 5.74) is -1.16. The maximum atomic E-state index is 14.3. The molecule has 0 aliphatic rings. The summed E-state index contributed by atoms with van der Waals surface area (Å²) in [6.45, 7) is 12.5. The van der Waals surface area contributed by atoms with Crippen LogP contribution in [0.15, 0.2) is 56.9 Å². The molecule has 0 aliphatic heterocycles. The maximum Gasteiger partial charge on any atom is 0.463 e. The lowest BCUT2D eigenvalue weighted by atomic mass is 10.2. The lowest BCUT2D eigenvalue weighted by Gasteiger charge is -2.32. The third kappa shape index (κ3) is 13.6. The number of benzene rings is 2. The largest absolute Gasteiger partial charge is 0.463 e. The van der Waals surface area contributed by atoms with E-state index in [-0.39, 0.29) is 68.2 Å². The molecule has 2 aromatic heterocycles. The van der Waals surface area contributed by atoms with Crippen LogP contribution in [0.5, 0.6) is 0 Å². The van der Waals surface area contributed by atoms with E-state index in [0.29, 0.717) is 42.0 Å². The monoisotopic (exact) mass is 905 g/mol. The second kappa shape index (κ2) is 22.5. The topological polar surface area (TPSA) is 179 Å². The summed E-state index contributed by atoms with van der Waals surface area (Å²) in [7, 11) is 0. The van der Waals surface area contributed by atoms with Gasteiger partial charge >= 0.3 is 23.2 Å². The van der Waals surface area contributed by atoms with Crippen LogP contribution in [0.2, 0.25) is 0 Å². The normalized spacial score (nSPS) is 11.8. The zero-order valence-corrected chi connectivity index (χ0v) is 35.8. The molecule has 0 amide bonds. The second-order valence-electron chi connectivity index (χ2n) is 11.2. The fourth-order valence-electron chi connectivity index (χ4n) is 5.06. The summed E-state index contributed by atoms with van der Waals surface area (Å²) in [6, 6.07) is 9.33. The number of carbonyl (C=O) groups is 2. The average Bonchev–Trinajstić information content (AvgIpc) is 3.89. The van der Waals surface area contributed by atoms with Gasteiger partial charge in [0, 0.05) is 49.5 Å². The Balaban J connectivity index is 1.79. The Morgan fingerprint density at radius 2 is 1.19 bits per heavy atom. The summed E-state index contributed by atoms with van der Waals surface area (Å²) >= 11 is 1.02. The van der Waals surface area contributed by atoms with E-state index >= 15 is 0 Å². The molecule has 4 aromatic rings. The van der Waals surface area contributed by atoms with Crippen molar-refractivity contribution in [3.8, 4) is 0 Å². The number of nitrogens with zero attached hydrogens (tertiary/aromatic N) is 12. The minimum atomic E-state index is -4.88. The van der Waals surface area contributed by atoms with Crippen LogP contribution in [0.4, 0.5) is 66.3 Å². The molecule has 0 radical (unpaired) electrons. The van der Waals surface area contributed by atoms with Crippen molar-refractivity contribution in [2.24, 2.45) is 20.5 Å². The van der Waals surface area contributed by atoms with Crippen LogP contribution >= 0.6 is 46.6 Å². The van der Waals surface area contributed by atoms with Crippen LogP contribution < -0.4 is 23.9 Å². The number of alkyl halides is 5. The van der Waals surface area contributed by atoms with Gasteiger partial charge in [-0.1, -0.05) is 22.7 Å². The van der Waals surface area contributed by atoms with Gasteiger partial charge in [-0.25, -0.2) is 19.4 Å². The van der Waals surface area contributed by atoms with Crippen molar-refractivity contribution >= 4 is 103 Å². The quantitative estimate of drug-likeness (QED) is 0.0196. The lowest BCUT2D eigenvalue weighted by Crippen LogP contribution is -2.41. The molecule has 1 N–H and O–H groups in total. The number of rotatable bonds is 22. The number of hydrogen-bond donors (Lipinski definition) is 1. The zero-order valence-electron chi connectivity index (χ0n) is 32.5. The van der Waals surface area contributed by atoms with Gasteiger partial charge in [-0.2, -0.15) is 22.0 Å². The highest BCUT2D eigenvalue weighted by Crippen LogP contribution is 2.43. The molecule has 0 unspecified atom stereocenters. The van der Waals surface area contributed by atoms with E-state index in [1.54, 1.807) is 32.0 Å². The van der Waals surface area contributed by atoms with Crippen molar-refractivity contribution in [2.75, 3.05) is 64.6 Å². The molecular formula is C33H40F5N13O4S4. The van der Waals surface area contributed by atoms with Gasteiger partial charge in [-0.15, -0.1) is 40.9 Å². The molecule has 4 rings (SSSR count). The van der Waals surface area contributed by atoms with Crippen LogP contribution in [0, 0.1) is 0 Å². The van der Waals surface area contributed by atoms with Crippen molar-refractivity contribution in [1.82, 2.24) is 25.8 Å². The van der Waals surface area contributed by atoms with Crippen molar-refractivity contribution in [2.45, 2.75) is 52.8 Å². The third-order valence-electron chi connectivity index (χ3n) is 7.64. The van der Waals surface area contributed by atoms with Crippen molar-refractivity contribution < 1.29 is 41.0 Å². The summed E-state index contributed by atoms with van der Waals surface area (Å²) in [5, 5.41) is 31.3. The van der Waals surface area contributed by atoms with Gasteiger partial charge in [-0.3, -0.25) is 4.31 Å². The number of anilines is 4. The standard InChI is InChI=1S/C33H40F5N13O4S4/c1-7-48(8-2)20-13-15-22(40-44-31-46-42-26(56-31)28(52)54-11-5)24(17-20)50(58-30(34)35)19-39-51(59-33(36,37)38)25-18-21(49(9-3)10-4)14-16-23(25)41-45-32-47-43-27(57-32)29(53)55-12-6/h13-18,30,39H,7-12,19H2,1-6H3. The first-order valence-electron chi connectivity index (χ1n) is 17.9. The molecule has 59 heavy (non-hydrogen) atoms. The average molecular weight is 906 g/mol. The Labute approximate surface area is 352 Å². The Morgan fingerprint density at radius 1 is 0.729 bits per heavy atom. The molecule has 2 heterocycles. The highest BCUT2D eigenvalue weighted by molar-refractivity contribution is 8.01. The second-order valence-corrected chi connectivity index (χ2v) is 15.1. The number of halogens is 5. The Bertz CT molecular complexity index is 2050. The fourth-order valence-corrected chi connectivity index (χ4v) is 7.33. The molecule has 320 valence electrons. The summed E-state index contributed by atoms with van der Waals surface area (Å²) in [4.78, 5) is 28.1. The van der Waals surface area contributed by atoms with E-state index < -0.39 is 41.8 Å². The minimum Gasteiger partial charge on any atom is -0.461 e. The van der Waals surface area contributed by atoms with Gasteiger partial charge in [0.2, 0.25) is 10.0 Å². The van der Waals surface area contributed by atoms with Gasteiger partial charge in [-0.05, 0) is 77.9 Å². The number of azo groups is 2. The Kier molecular flexibility index (Phi) is 17.9. The lowest BCUT2D eigenvalue weighted by molar-refractivity contribution is -0.0331. The molecule has 0 bridgehead atoms. The molecule has 0 spiro atoms. The van der Waals surface area contributed by atoms with E-state index in [1.807, 2.05) is 37.5 Å². The van der Waals surface area contributed by atoms with Crippen LogP contribution in [0.3, 0.4) is 0 Å². The van der Waals surface area contributed by atoms with Gasteiger partial charge in [0.05, 0.1) is 43.2 Å². The van der Waals surface area contributed by atoms with E-state index in [9.17, 15) is 31.5 Å². The highest BCUT2D eigenvalue weighted by atomic mass is 32.2. The molecular weight excluding hydrogens is 866 g/mol. The van der Waals surface area contributed by atoms with E-state index in [0.717, 1.165) is 27.0 Å². The smallest absolute Gasteiger partial charge is 0.461 e. The van der Waals surface area contributed by atoms with Crippen LogP contribution in [-0.2, 0) is 9.47 Å². The summed E-state index contributed by atoms with van der Waals surface area (Å²) < 4.78 is 83.3. The summed E-state index contributed by atoms with van der Waals surface area (Å²) in [6.07, 6.45) is 0. The number of hydrazine groups is 1. The molecule has 17 nitrogen and oxygen atoms in total. The van der Waals surface area contributed by atoms with Gasteiger partial charge in [0.25, 0.3) is 10.3 Å². The first-order chi connectivity index (χ1) is 28.2. The van der Waals surface area contributed by atoms with Crippen LogP contribution in [0.1, 0.15) is 61.1 Å². The number of carbonyl (C=O) groups excluding carboxylic acids is 2. The predicted octanol–water partition coefficient (Wildman–Crippen LogP) is 10.1. The highest BCUT2D eigenvalue weighted by Gasteiger charge is 2.35. The Hall–Kier alpha value is -4.79. The molecule has 0 atom stereocenters. The SMILES string of the molecule is CCOC(=O)c1nnc(N=Nc2ccc(N(CC)CC)cc2N(CNN(SC(F)(F)F)c2cc(N(CC)CC)ccc2N=Nc2nnc(C(=O)OCC)s2)SC(F)F)s1. The number of ether oxygens (including phenoxy) is 2. The summed E-state index contributed by atoms with van der Waals surface area (Å²) in [5.74, 6) is -4.47. The van der Waals surface area contributed by atoms with Gasteiger partial charge in [0.1, 0.15) is 11.4 Å². The first kappa shape index (κ1) is 46.9. The molecule has 0 saturated heterocycles. The molecule has 0 aliphatic carbocycles. The van der Waals surface area contributed by atoms with Crippen LogP contribution in [-0.4, -0.2) is 89.7 Å². The van der Waals surface area contributed by atoms with Crippen LogP contribution in [0.25, 0.3) is 0 Å². The molecule has 0 fully saturated rings. The molecule has 2 aromatic carbocycles. The van der Waals surface area contributed by atoms with E-state index in [2.05, 4.69) is 46.3 Å². The molecule has 0 saturated carbocycles. The van der Waals surface area contributed by atoms with Crippen molar-refractivity contribution in [3.05, 3.63) is 46.4 Å².